The molecule has 1 aromatic carbocycles. The Balaban J connectivity index is 1.82. The fourth-order valence-corrected chi connectivity index (χ4v) is 3.41. The molecule has 0 unspecified atom stereocenters. The molecule has 1 aliphatic heterocycles. The van der Waals surface area contributed by atoms with Crippen LogP contribution in [0.1, 0.15) is 56.4 Å². The van der Waals surface area contributed by atoms with Crippen molar-refractivity contribution in [3.63, 3.8) is 0 Å². The van der Waals surface area contributed by atoms with E-state index in [-0.39, 0.29) is 18.1 Å². The second-order valence-corrected chi connectivity index (χ2v) is 7.36. The molecule has 2 atom stereocenters. The van der Waals surface area contributed by atoms with Gasteiger partial charge in [0.05, 0.1) is 12.6 Å². The molecule has 1 N–H and O–H groups in total. The standard InChI is InChI=1S/C19H26ClN5O/c1-4-13(2)21-19(26)24-11-5-6-17(24)18-23-22-14(3)25(18)12-15-7-9-16(20)10-8-15/h7-10,13,17H,4-6,11-12H2,1-3H3,(H,21,26)/t13-,17+/m0/s1. The van der Waals surface area contributed by atoms with Crippen LogP contribution in [0.2, 0.25) is 5.02 Å². The zero-order chi connectivity index (χ0) is 18.7. The maximum Gasteiger partial charge on any atom is 0.318 e. The summed E-state index contributed by atoms with van der Waals surface area (Å²) in [6.07, 6.45) is 2.80. The van der Waals surface area contributed by atoms with E-state index in [2.05, 4.69) is 27.0 Å². The summed E-state index contributed by atoms with van der Waals surface area (Å²) in [5.74, 6) is 1.71. The first-order chi connectivity index (χ1) is 12.5. The molecule has 0 saturated carbocycles. The third kappa shape index (κ3) is 4.01. The highest BCUT2D eigenvalue weighted by molar-refractivity contribution is 6.30. The Morgan fingerprint density at radius 1 is 1.35 bits per heavy atom. The summed E-state index contributed by atoms with van der Waals surface area (Å²) in [6, 6.07) is 7.90. The lowest BCUT2D eigenvalue weighted by Crippen LogP contribution is -2.43. The number of aromatic nitrogens is 3. The summed E-state index contributed by atoms with van der Waals surface area (Å²) in [4.78, 5) is 14.6. The van der Waals surface area contributed by atoms with Crippen LogP contribution in [0.15, 0.2) is 24.3 Å². The fraction of sp³-hybridized carbons (Fsp3) is 0.526. The van der Waals surface area contributed by atoms with Crippen LogP contribution in [0.4, 0.5) is 4.79 Å². The molecule has 2 amide bonds. The smallest absolute Gasteiger partial charge is 0.318 e. The van der Waals surface area contributed by atoms with Crippen molar-refractivity contribution in [1.82, 2.24) is 25.0 Å². The first kappa shape index (κ1) is 18.7. The SMILES string of the molecule is CC[C@H](C)NC(=O)N1CCC[C@@H]1c1nnc(C)n1Cc1ccc(Cl)cc1. The van der Waals surface area contributed by atoms with Crippen LogP contribution < -0.4 is 5.32 Å². The second-order valence-electron chi connectivity index (χ2n) is 6.93. The van der Waals surface area contributed by atoms with E-state index in [1.54, 1.807) is 0 Å². The van der Waals surface area contributed by atoms with Crippen LogP contribution in [0.5, 0.6) is 0 Å². The van der Waals surface area contributed by atoms with Crippen LogP contribution in [0, 0.1) is 6.92 Å². The summed E-state index contributed by atoms with van der Waals surface area (Å²) < 4.78 is 2.10. The number of aryl methyl sites for hydroxylation is 1. The highest BCUT2D eigenvalue weighted by atomic mass is 35.5. The Bertz CT molecular complexity index is 758. The molecular weight excluding hydrogens is 350 g/mol. The Kier molecular flexibility index (Phi) is 5.81. The average molecular weight is 376 g/mol. The summed E-state index contributed by atoms with van der Waals surface area (Å²) in [7, 11) is 0. The first-order valence-corrected chi connectivity index (χ1v) is 9.58. The topological polar surface area (TPSA) is 63.1 Å². The van der Waals surface area contributed by atoms with Crippen LogP contribution in [0.25, 0.3) is 0 Å². The van der Waals surface area contributed by atoms with Crippen molar-refractivity contribution in [3.05, 3.63) is 46.5 Å². The number of carbonyl (C=O) groups is 1. The van der Waals surface area contributed by atoms with Crippen molar-refractivity contribution >= 4 is 17.6 Å². The molecule has 1 aliphatic rings. The van der Waals surface area contributed by atoms with Gasteiger partial charge in [-0.3, -0.25) is 0 Å². The monoisotopic (exact) mass is 375 g/mol. The number of benzene rings is 1. The lowest BCUT2D eigenvalue weighted by Gasteiger charge is -2.26. The van der Waals surface area contributed by atoms with E-state index in [0.29, 0.717) is 6.54 Å². The van der Waals surface area contributed by atoms with Gasteiger partial charge >= 0.3 is 6.03 Å². The van der Waals surface area contributed by atoms with Crippen molar-refractivity contribution in [3.8, 4) is 0 Å². The molecule has 0 bridgehead atoms. The highest BCUT2D eigenvalue weighted by Crippen LogP contribution is 2.31. The maximum absolute atomic E-state index is 12.7. The van der Waals surface area contributed by atoms with Gasteiger partial charge in [-0.2, -0.15) is 0 Å². The Morgan fingerprint density at radius 2 is 2.08 bits per heavy atom. The predicted octanol–water partition coefficient (Wildman–Crippen LogP) is 3.93. The maximum atomic E-state index is 12.7. The Morgan fingerprint density at radius 3 is 2.77 bits per heavy atom. The van der Waals surface area contributed by atoms with E-state index in [0.717, 1.165) is 48.0 Å². The Labute approximate surface area is 159 Å². The van der Waals surface area contributed by atoms with E-state index in [4.69, 9.17) is 11.6 Å². The quantitative estimate of drug-likeness (QED) is 0.861. The normalized spacial score (nSPS) is 18.2. The van der Waals surface area contributed by atoms with E-state index < -0.39 is 0 Å². The van der Waals surface area contributed by atoms with E-state index >= 15 is 0 Å². The number of carbonyl (C=O) groups excluding carboxylic acids is 1. The van der Waals surface area contributed by atoms with E-state index in [1.807, 2.05) is 43.0 Å². The molecule has 1 aromatic heterocycles. The number of nitrogens with one attached hydrogen (secondary N) is 1. The van der Waals surface area contributed by atoms with Crippen LogP contribution in [-0.2, 0) is 6.54 Å². The summed E-state index contributed by atoms with van der Waals surface area (Å²) in [6.45, 7) is 7.46. The molecule has 1 saturated heterocycles. The van der Waals surface area contributed by atoms with Gasteiger partial charge in [-0.1, -0.05) is 30.7 Å². The van der Waals surface area contributed by atoms with Gasteiger partial charge in [0.2, 0.25) is 0 Å². The number of rotatable bonds is 5. The molecule has 0 radical (unpaired) electrons. The van der Waals surface area contributed by atoms with Crippen molar-refractivity contribution in [2.75, 3.05) is 6.54 Å². The minimum atomic E-state index is -0.0347. The second kappa shape index (κ2) is 8.08. The number of likely N-dealkylation sites (tertiary alicyclic amines) is 1. The van der Waals surface area contributed by atoms with Gasteiger partial charge in [0.1, 0.15) is 5.82 Å². The van der Waals surface area contributed by atoms with Gasteiger partial charge in [0.15, 0.2) is 5.82 Å². The zero-order valence-electron chi connectivity index (χ0n) is 15.6. The van der Waals surface area contributed by atoms with Gasteiger partial charge in [0.25, 0.3) is 0 Å². The van der Waals surface area contributed by atoms with E-state index in [9.17, 15) is 4.79 Å². The Hall–Kier alpha value is -2.08. The highest BCUT2D eigenvalue weighted by Gasteiger charge is 2.34. The number of hydrogen-bond donors (Lipinski definition) is 1. The molecule has 3 rings (SSSR count). The molecule has 0 aliphatic carbocycles. The lowest BCUT2D eigenvalue weighted by molar-refractivity contribution is 0.186. The number of nitrogens with zero attached hydrogens (tertiary/aromatic N) is 4. The molecule has 2 heterocycles. The number of amides is 2. The predicted molar refractivity (Wildman–Crippen MR) is 102 cm³/mol. The molecule has 6 nitrogen and oxygen atoms in total. The molecule has 7 heteroatoms. The molecule has 1 fully saturated rings. The largest absolute Gasteiger partial charge is 0.336 e. The van der Waals surface area contributed by atoms with Crippen LogP contribution in [0.3, 0.4) is 0 Å². The van der Waals surface area contributed by atoms with Gasteiger partial charge in [-0.25, -0.2) is 4.79 Å². The number of urea groups is 1. The summed E-state index contributed by atoms with van der Waals surface area (Å²) >= 11 is 5.98. The molecule has 2 aromatic rings. The first-order valence-electron chi connectivity index (χ1n) is 9.21. The number of halogens is 1. The third-order valence-corrected chi connectivity index (χ3v) is 5.26. The molecule has 0 spiro atoms. The van der Waals surface area contributed by atoms with Gasteiger partial charge in [-0.15, -0.1) is 10.2 Å². The van der Waals surface area contributed by atoms with Crippen molar-refractivity contribution < 1.29 is 4.79 Å². The molecule has 26 heavy (non-hydrogen) atoms. The van der Waals surface area contributed by atoms with Gasteiger partial charge in [-0.05, 0) is 50.8 Å². The number of hydrogen-bond acceptors (Lipinski definition) is 3. The molecular formula is C19H26ClN5O. The van der Waals surface area contributed by atoms with Crippen LogP contribution >= 0.6 is 11.6 Å². The fourth-order valence-electron chi connectivity index (χ4n) is 3.29. The minimum absolute atomic E-state index is 0.0134. The average Bonchev–Trinajstić information content (AvgIpc) is 3.24. The van der Waals surface area contributed by atoms with Crippen LogP contribution in [-0.4, -0.2) is 38.3 Å². The third-order valence-electron chi connectivity index (χ3n) is 5.01. The van der Waals surface area contributed by atoms with E-state index in [1.165, 1.54) is 0 Å². The van der Waals surface area contributed by atoms with Crippen molar-refractivity contribution in [2.24, 2.45) is 0 Å². The van der Waals surface area contributed by atoms with Gasteiger partial charge in [0, 0.05) is 17.6 Å². The summed E-state index contributed by atoms with van der Waals surface area (Å²) in [5.41, 5.74) is 1.13. The minimum Gasteiger partial charge on any atom is -0.336 e. The van der Waals surface area contributed by atoms with Crippen molar-refractivity contribution in [1.29, 1.82) is 0 Å². The van der Waals surface area contributed by atoms with Crippen molar-refractivity contribution in [2.45, 2.75) is 58.7 Å². The van der Waals surface area contributed by atoms with Gasteiger partial charge < -0.3 is 14.8 Å². The zero-order valence-corrected chi connectivity index (χ0v) is 16.3. The molecule has 140 valence electrons. The summed E-state index contributed by atoms with van der Waals surface area (Å²) in [5, 5.41) is 12.5. The lowest BCUT2D eigenvalue weighted by atomic mass is 10.2.